The van der Waals surface area contributed by atoms with Gasteiger partial charge < -0.3 is 19.5 Å². The van der Waals surface area contributed by atoms with Crippen molar-refractivity contribution in [2.75, 3.05) is 33.3 Å². The van der Waals surface area contributed by atoms with Crippen LogP contribution in [0, 0.1) is 6.92 Å². The molecule has 30 heavy (non-hydrogen) atoms. The Labute approximate surface area is 180 Å². The van der Waals surface area contributed by atoms with E-state index in [1.165, 1.54) is 19.3 Å². The largest absolute Gasteiger partial charge is 0.491 e. The molecule has 0 aliphatic carbocycles. The van der Waals surface area contributed by atoms with Gasteiger partial charge in [-0.15, -0.1) is 10.2 Å². The summed E-state index contributed by atoms with van der Waals surface area (Å²) in [6, 6.07) is 8.12. The minimum absolute atomic E-state index is 0.623. The highest BCUT2D eigenvalue weighted by Crippen LogP contribution is 2.16. The van der Waals surface area contributed by atoms with E-state index in [2.05, 4.69) is 51.9 Å². The van der Waals surface area contributed by atoms with Crippen molar-refractivity contribution in [2.24, 2.45) is 4.99 Å². The second-order valence-electron chi connectivity index (χ2n) is 7.87. The number of aliphatic imine (C=N–C) groups is 1. The molecular weight excluding hydrogens is 376 g/mol. The Balaban J connectivity index is 1.46. The summed E-state index contributed by atoms with van der Waals surface area (Å²) >= 11 is 0. The normalized spacial score (nSPS) is 14.2. The predicted octanol–water partition coefficient (Wildman–Crippen LogP) is 3.22. The Morgan fingerprint density at radius 2 is 2.10 bits per heavy atom. The van der Waals surface area contributed by atoms with Crippen LogP contribution in [0.3, 0.4) is 0 Å². The van der Waals surface area contributed by atoms with E-state index < -0.39 is 0 Å². The molecule has 1 aromatic carbocycles. The van der Waals surface area contributed by atoms with E-state index in [4.69, 9.17) is 9.73 Å². The Bertz CT molecular complexity index is 816. The summed E-state index contributed by atoms with van der Waals surface area (Å²) in [6.07, 6.45) is 6.71. The fourth-order valence-electron chi connectivity index (χ4n) is 3.74. The summed E-state index contributed by atoms with van der Waals surface area (Å²) in [5.41, 5.74) is 1.16. The van der Waals surface area contributed by atoms with Gasteiger partial charge in [0.25, 0.3) is 0 Å². The molecule has 3 rings (SSSR count). The lowest BCUT2D eigenvalue weighted by Gasteiger charge is -2.22. The molecule has 0 bridgehead atoms. The van der Waals surface area contributed by atoms with Crippen molar-refractivity contribution in [3.8, 4) is 5.75 Å². The van der Waals surface area contributed by atoms with Crippen molar-refractivity contribution in [1.29, 1.82) is 0 Å². The lowest BCUT2D eigenvalue weighted by Crippen LogP contribution is -2.41. The number of likely N-dealkylation sites (N-methyl/N-ethyl adjacent to an activating group) is 1. The maximum atomic E-state index is 5.93. The number of fused-ring (bicyclic) bond motifs is 1. The summed E-state index contributed by atoms with van der Waals surface area (Å²) < 4.78 is 8.26. The minimum atomic E-state index is 0.623. The summed E-state index contributed by atoms with van der Waals surface area (Å²) in [7, 11) is 2.06. The van der Waals surface area contributed by atoms with Crippen molar-refractivity contribution < 1.29 is 4.74 Å². The number of hydrogen-bond acceptors (Lipinski definition) is 4. The molecule has 2 aromatic rings. The van der Waals surface area contributed by atoms with Crippen LogP contribution in [-0.4, -0.2) is 58.9 Å². The zero-order valence-corrected chi connectivity index (χ0v) is 18.7. The molecule has 2 heterocycles. The van der Waals surface area contributed by atoms with Crippen LogP contribution in [0.2, 0.25) is 0 Å². The number of aromatic nitrogens is 3. The van der Waals surface area contributed by atoms with E-state index in [1.54, 1.807) is 0 Å². The van der Waals surface area contributed by atoms with E-state index >= 15 is 0 Å². The van der Waals surface area contributed by atoms with Crippen molar-refractivity contribution in [2.45, 2.75) is 58.9 Å². The summed E-state index contributed by atoms with van der Waals surface area (Å²) in [5, 5.41) is 12.2. The van der Waals surface area contributed by atoms with E-state index in [0.29, 0.717) is 6.61 Å². The second kappa shape index (κ2) is 11.6. The van der Waals surface area contributed by atoms with Gasteiger partial charge in [-0.25, -0.2) is 0 Å². The number of nitrogens with one attached hydrogen (secondary N) is 1. The van der Waals surface area contributed by atoms with Gasteiger partial charge in [-0.2, -0.15) is 0 Å². The number of benzene rings is 1. The smallest absolute Gasteiger partial charge is 0.193 e. The van der Waals surface area contributed by atoms with Crippen molar-refractivity contribution in [3.63, 3.8) is 0 Å². The molecule has 0 atom stereocenters. The highest BCUT2D eigenvalue weighted by Gasteiger charge is 2.14. The fraction of sp³-hybridized carbons (Fsp3) is 0.609. The quantitative estimate of drug-likeness (QED) is 0.389. The zero-order chi connectivity index (χ0) is 21.2. The first-order chi connectivity index (χ1) is 14.7. The van der Waals surface area contributed by atoms with Crippen LogP contribution in [0.1, 0.15) is 49.8 Å². The highest BCUT2D eigenvalue weighted by molar-refractivity contribution is 5.79. The van der Waals surface area contributed by atoms with Crippen LogP contribution in [0.15, 0.2) is 29.3 Å². The van der Waals surface area contributed by atoms with Crippen LogP contribution in [-0.2, 0) is 19.4 Å². The molecule has 1 N–H and O–H groups in total. The molecule has 0 saturated heterocycles. The molecule has 0 unspecified atom stereocenters. The third-order valence-corrected chi connectivity index (χ3v) is 5.48. The van der Waals surface area contributed by atoms with E-state index in [9.17, 15) is 0 Å². The maximum absolute atomic E-state index is 5.93. The number of hydrogen-bond donors (Lipinski definition) is 1. The van der Waals surface area contributed by atoms with Gasteiger partial charge in [0.1, 0.15) is 24.0 Å². The van der Waals surface area contributed by atoms with E-state index in [-0.39, 0.29) is 0 Å². The van der Waals surface area contributed by atoms with Crippen molar-refractivity contribution in [3.05, 3.63) is 41.5 Å². The monoisotopic (exact) mass is 412 g/mol. The Morgan fingerprint density at radius 1 is 1.23 bits per heavy atom. The van der Waals surface area contributed by atoms with Crippen molar-refractivity contribution in [1.82, 2.24) is 25.0 Å². The summed E-state index contributed by atoms with van der Waals surface area (Å²) in [6.45, 7) is 8.24. The average molecular weight is 413 g/mol. The molecule has 1 aliphatic rings. The van der Waals surface area contributed by atoms with Gasteiger partial charge in [0.2, 0.25) is 0 Å². The van der Waals surface area contributed by atoms with Crippen LogP contribution in [0.4, 0.5) is 0 Å². The standard InChI is InChI=1S/C23H36N6O/c1-4-24-23(28(3)17-18-30-20-12-8-7-11-19(20)2)25-15-10-14-22-27-26-21-13-6-5-9-16-29(21)22/h7-8,11-12H,4-6,9-10,13-18H2,1-3H3,(H,24,25). The first kappa shape index (κ1) is 22.1. The number of aryl methyl sites for hydroxylation is 3. The minimum Gasteiger partial charge on any atom is -0.491 e. The predicted molar refractivity (Wildman–Crippen MR) is 121 cm³/mol. The molecule has 0 saturated carbocycles. The molecule has 164 valence electrons. The Hall–Kier alpha value is -2.57. The molecule has 7 nitrogen and oxygen atoms in total. The SMILES string of the molecule is CCNC(=NCCCc1nnc2n1CCCCC2)N(C)CCOc1ccccc1C. The van der Waals surface area contributed by atoms with Gasteiger partial charge >= 0.3 is 0 Å². The lowest BCUT2D eigenvalue weighted by molar-refractivity contribution is 0.280. The van der Waals surface area contributed by atoms with Gasteiger partial charge in [-0.3, -0.25) is 4.99 Å². The molecule has 1 aromatic heterocycles. The number of nitrogens with zero attached hydrogens (tertiary/aromatic N) is 5. The van der Waals surface area contributed by atoms with Gasteiger partial charge in [-0.05, 0) is 44.7 Å². The maximum Gasteiger partial charge on any atom is 0.193 e. The fourth-order valence-corrected chi connectivity index (χ4v) is 3.74. The third kappa shape index (κ3) is 6.21. The first-order valence-corrected chi connectivity index (χ1v) is 11.3. The topological polar surface area (TPSA) is 67.6 Å². The second-order valence-corrected chi connectivity index (χ2v) is 7.87. The van der Waals surface area contributed by atoms with Gasteiger partial charge in [0.05, 0.1) is 6.54 Å². The molecule has 7 heteroatoms. The number of ether oxygens (including phenoxy) is 1. The zero-order valence-electron chi connectivity index (χ0n) is 18.7. The number of rotatable bonds is 9. The van der Waals surface area contributed by atoms with Crippen LogP contribution >= 0.6 is 0 Å². The highest BCUT2D eigenvalue weighted by atomic mass is 16.5. The first-order valence-electron chi connectivity index (χ1n) is 11.3. The molecule has 0 radical (unpaired) electrons. The Morgan fingerprint density at radius 3 is 2.93 bits per heavy atom. The lowest BCUT2D eigenvalue weighted by atomic mass is 10.2. The van der Waals surface area contributed by atoms with Crippen LogP contribution in [0.5, 0.6) is 5.75 Å². The van der Waals surface area contributed by atoms with Crippen molar-refractivity contribution >= 4 is 5.96 Å². The molecule has 0 fully saturated rings. The van der Waals surface area contributed by atoms with Gasteiger partial charge in [0.15, 0.2) is 5.96 Å². The third-order valence-electron chi connectivity index (χ3n) is 5.48. The number of guanidine groups is 1. The van der Waals surface area contributed by atoms with Crippen LogP contribution in [0.25, 0.3) is 0 Å². The molecular formula is C23H36N6O. The van der Waals surface area contributed by atoms with Gasteiger partial charge in [0, 0.05) is 39.5 Å². The molecule has 0 spiro atoms. The molecule has 0 amide bonds. The van der Waals surface area contributed by atoms with Crippen LogP contribution < -0.4 is 10.1 Å². The average Bonchev–Trinajstić information content (AvgIpc) is 2.97. The summed E-state index contributed by atoms with van der Waals surface area (Å²) in [4.78, 5) is 6.93. The van der Waals surface area contributed by atoms with Gasteiger partial charge in [-0.1, -0.05) is 24.6 Å². The number of para-hydroxylation sites is 1. The van der Waals surface area contributed by atoms with E-state index in [1.807, 2.05) is 18.2 Å². The summed E-state index contributed by atoms with van der Waals surface area (Å²) in [5.74, 6) is 4.14. The molecule has 1 aliphatic heterocycles. The van der Waals surface area contributed by atoms with E-state index in [0.717, 1.165) is 74.4 Å². The Kier molecular flexibility index (Phi) is 8.53.